The maximum absolute atomic E-state index is 5.48. The fraction of sp³-hybridized carbons (Fsp3) is 0.176. The minimum atomic E-state index is 0.459. The van der Waals surface area contributed by atoms with Crippen LogP contribution in [0.2, 0.25) is 0 Å². The van der Waals surface area contributed by atoms with Crippen molar-refractivity contribution in [2.45, 2.75) is 20.3 Å². The molecule has 0 N–H and O–H groups in total. The van der Waals surface area contributed by atoms with Crippen LogP contribution in [0, 0.1) is 6.92 Å². The van der Waals surface area contributed by atoms with Crippen molar-refractivity contribution in [3.63, 3.8) is 0 Å². The Morgan fingerprint density at radius 1 is 1.04 bits per heavy atom. The van der Waals surface area contributed by atoms with Gasteiger partial charge in [0.05, 0.1) is 22.3 Å². The van der Waals surface area contributed by atoms with E-state index in [0.717, 1.165) is 34.1 Å². The Labute approximate surface area is 132 Å². The first kappa shape index (κ1) is 13.6. The van der Waals surface area contributed by atoms with Crippen molar-refractivity contribution in [1.82, 2.24) is 20.3 Å². The van der Waals surface area contributed by atoms with Gasteiger partial charge in [-0.05, 0) is 25.5 Å². The number of aromatic nitrogens is 4. The van der Waals surface area contributed by atoms with Crippen molar-refractivity contribution in [3.05, 3.63) is 48.0 Å². The van der Waals surface area contributed by atoms with Crippen LogP contribution in [0.4, 0.5) is 0 Å². The lowest BCUT2D eigenvalue weighted by molar-refractivity contribution is 0.391. The molecule has 114 valence electrons. The topological polar surface area (TPSA) is 77.8 Å². The molecule has 0 atom stereocenters. The molecule has 1 aromatic carbocycles. The number of benzene rings is 1. The minimum absolute atomic E-state index is 0.459. The average molecular weight is 306 g/mol. The van der Waals surface area contributed by atoms with E-state index in [2.05, 4.69) is 20.3 Å². The third-order valence-corrected chi connectivity index (χ3v) is 3.80. The predicted octanol–water partition coefficient (Wildman–Crippen LogP) is 3.81. The number of para-hydroxylation sites is 1. The average Bonchev–Trinajstić information content (AvgIpc) is 3.20. The van der Waals surface area contributed by atoms with E-state index >= 15 is 0 Å². The zero-order valence-electron chi connectivity index (χ0n) is 12.8. The first-order chi connectivity index (χ1) is 11.3. The standard InChI is InChI=1S/C17H14N4O2/c1-3-13-15(10(2)22-20-13)16-19-17(23-21-16)12-8-9-18-14-7-5-4-6-11(12)14/h4-9H,3H2,1-2H3. The lowest BCUT2D eigenvalue weighted by Gasteiger charge is -2.00. The van der Waals surface area contributed by atoms with Gasteiger partial charge in [0.2, 0.25) is 5.82 Å². The van der Waals surface area contributed by atoms with Crippen LogP contribution >= 0.6 is 0 Å². The maximum Gasteiger partial charge on any atom is 0.258 e. The Kier molecular flexibility index (Phi) is 3.15. The Morgan fingerprint density at radius 3 is 2.78 bits per heavy atom. The summed E-state index contributed by atoms with van der Waals surface area (Å²) in [5, 5.41) is 9.12. The summed E-state index contributed by atoms with van der Waals surface area (Å²) in [5.74, 6) is 1.64. The number of nitrogens with zero attached hydrogens (tertiary/aromatic N) is 4. The Balaban J connectivity index is 1.86. The van der Waals surface area contributed by atoms with E-state index in [0.29, 0.717) is 17.5 Å². The zero-order valence-corrected chi connectivity index (χ0v) is 12.8. The van der Waals surface area contributed by atoms with Crippen molar-refractivity contribution in [3.8, 4) is 22.8 Å². The van der Waals surface area contributed by atoms with E-state index < -0.39 is 0 Å². The van der Waals surface area contributed by atoms with Gasteiger partial charge < -0.3 is 9.05 Å². The second-order valence-corrected chi connectivity index (χ2v) is 5.21. The highest BCUT2D eigenvalue weighted by molar-refractivity contribution is 5.92. The highest BCUT2D eigenvalue weighted by atomic mass is 16.5. The minimum Gasteiger partial charge on any atom is -0.361 e. The number of hydrogen-bond donors (Lipinski definition) is 0. The van der Waals surface area contributed by atoms with E-state index in [9.17, 15) is 0 Å². The summed E-state index contributed by atoms with van der Waals surface area (Å²) in [6, 6.07) is 9.73. The van der Waals surface area contributed by atoms with E-state index in [1.54, 1.807) is 6.20 Å². The van der Waals surface area contributed by atoms with Crippen molar-refractivity contribution in [2.24, 2.45) is 0 Å². The normalized spacial score (nSPS) is 11.2. The molecule has 0 saturated heterocycles. The second kappa shape index (κ2) is 5.31. The summed E-state index contributed by atoms with van der Waals surface area (Å²) >= 11 is 0. The molecule has 3 aromatic heterocycles. The van der Waals surface area contributed by atoms with Crippen LogP contribution in [0.3, 0.4) is 0 Å². The van der Waals surface area contributed by atoms with Crippen LogP contribution in [-0.2, 0) is 6.42 Å². The van der Waals surface area contributed by atoms with Gasteiger partial charge in [0, 0.05) is 11.6 Å². The SMILES string of the molecule is CCc1noc(C)c1-c1noc(-c2ccnc3ccccc23)n1. The molecule has 6 heteroatoms. The molecular formula is C17H14N4O2. The smallest absolute Gasteiger partial charge is 0.258 e. The first-order valence-electron chi connectivity index (χ1n) is 7.41. The lowest BCUT2D eigenvalue weighted by atomic mass is 10.1. The molecule has 0 aliphatic carbocycles. The van der Waals surface area contributed by atoms with Crippen molar-refractivity contribution in [1.29, 1.82) is 0 Å². The maximum atomic E-state index is 5.48. The van der Waals surface area contributed by atoms with Crippen molar-refractivity contribution in [2.75, 3.05) is 0 Å². The summed E-state index contributed by atoms with van der Waals surface area (Å²) in [6.45, 7) is 3.86. The molecule has 0 aliphatic rings. The van der Waals surface area contributed by atoms with Gasteiger partial charge in [-0.2, -0.15) is 4.98 Å². The fourth-order valence-corrected chi connectivity index (χ4v) is 2.66. The van der Waals surface area contributed by atoms with E-state index in [1.807, 2.05) is 44.2 Å². The summed E-state index contributed by atoms with van der Waals surface area (Å²) < 4.78 is 10.7. The number of fused-ring (bicyclic) bond motifs is 1. The zero-order chi connectivity index (χ0) is 15.8. The summed E-state index contributed by atoms with van der Waals surface area (Å²) in [5.41, 5.74) is 3.39. The van der Waals surface area contributed by atoms with Gasteiger partial charge >= 0.3 is 0 Å². The van der Waals surface area contributed by atoms with Gasteiger partial charge in [-0.3, -0.25) is 4.98 Å². The Morgan fingerprint density at radius 2 is 1.91 bits per heavy atom. The molecule has 0 fully saturated rings. The van der Waals surface area contributed by atoms with E-state index in [-0.39, 0.29) is 0 Å². The van der Waals surface area contributed by atoms with Crippen LogP contribution in [0.15, 0.2) is 45.6 Å². The number of aryl methyl sites for hydroxylation is 2. The molecule has 3 heterocycles. The van der Waals surface area contributed by atoms with Crippen molar-refractivity contribution >= 4 is 10.9 Å². The van der Waals surface area contributed by atoms with Crippen LogP contribution in [0.5, 0.6) is 0 Å². The summed E-state index contributed by atoms with van der Waals surface area (Å²) in [4.78, 5) is 8.89. The van der Waals surface area contributed by atoms with E-state index in [1.165, 1.54) is 0 Å². The molecule has 0 bridgehead atoms. The third kappa shape index (κ3) is 2.19. The molecule has 0 saturated carbocycles. The van der Waals surface area contributed by atoms with Crippen LogP contribution in [0.25, 0.3) is 33.7 Å². The molecule has 0 radical (unpaired) electrons. The number of rotatable bonds is 3. The highest BCUT2D eigenvalue weighted by Gasteiger charge is 2.20. The summed E-state index contributed by atoms with van der Waals surface area (Å²) in [7, 11) is 0. The van der Waals surface area contributed by atoms with Crippen LogP contribution in [-0.4, -0.2) is 20.3 Å². The molecule has 23 heavy (non-hydrogen) atoms. The molecule has 6 nitrogen and oxygen atoms in total. The van der Waals surface area contributed by atoms with Gasteiger partial charge in [-0.1, -0.05) is 35.4 Å². The Bertz CT molecular complexity index is 982. The van der Waals surface area contributed by atoms with Gasteiger partial charge in [0.15, 0.2) is 0 Å². The van der Waals surface area contributed by atoms with Crippen LogP contribution < -0.4 is 0 Å². The van der Waals surface area contributed by atoms with Gasteiger partial charge in [-0.15, -0.1) is 0 Å². The monoisotopic (exact) mass is 306 g/mol. The fourth-order valence-electron chi connectivity index (χ4n) is 2.66. The molecular weight excluding hydrogens is 292 g/mol. The summed E-state index contributed by atoms with van der Waals surface area (Å²) in [6.07, 6.45) is 2.48. The quantitative estimate of drug-likeness (QED) is 0.572. The Hall–Kier alpha value is -3.02. The third-order valence-electron chi connectivity index (χ3n) is 3.80. The largest absolute Gasteiger partial charge is 0.361 e. The molecule has 4 rings (SSSR count). The van der Waals surface area contributed by atoms with Gasteiger partial charge in [0.25, 0.3) is 5.89 Å². The van der Waals surface area contributed by atoms with E-state index in [4.69, 9.17) is 9.05 Å². The van der Waals surface area contributed by atoms with Crippen LogP contribution in [0.1, 0.15) is 18.4 Å². The molecule has 4 aromatic rings. The molecule has 0 unspecified atom stereocenters. The number of pyridine rings is 1. The molecule has 0 amide bonds. The van der Waals surface area contributed by atoms with Gasteiger partial charge in [0.1, 0.15) is 5.76 Å². The second-order valence-electron chi connectivity index (χ2n) is 5.21. The first-order valence-corrected chi connectivity index (χ1v) is 7.41. The number of hydrogen-bond acceptors (Lipinski definition) is 6. The molecule has 0 aliphatic heterocycles. The lowest BCUT2D eigenvalue weighted by Crippen LogP contribution is -1.88. The predicted molar refractivity (Wildman–Crippen MR) is 84.6 cm³/mol. The van der Waals surface area contributed by atoms with Gasteiger partial charge in [-0.25, -0.2) is 0 Å². The highest BCUT2D eigenvalue weighted by Crippen LogP contribution is 2.30. The molecule has 0 spiro atoms. The van der Waals surface area contributed by atoms with Crippen molar-refractivity contribution < 1.29 is 9.05 Å².